The molecule has 1 amide bonds. The maximum absolute atomic E-state index is 12.5. The van der Waals surface area contributed by atoms with Gasteiger partial charge < -0.3 is 10.4 Å². The van der Waals surface area contributed by atoms with Gasteiger partial charge in [0.1, 0.15) is 0 Å². The molecule has 1 fully saturated rings. The first-order valence-corrected chi connectivity index (χ1v) is 7.35. The lowest BCUT2D eigenvalue weighted by Crippen LogP contribution is -2.36. The molecule has 3 rings (SSSR count). The van der Waals surface area contributed by atoms with Crippen molar-refractivity contribution < 1.29 is 19.6 Å². The molecule has 1 saturated carbocycles. The van der Waals surface area contributed by atoms with Crippen LogP contribution in [0, 0.1) is 40.7 Å². The van der Waals surface area contributed by atoms with E-state index in [1.54, 1.807) is 19.1 Å². The topological polar surface area (TPSA) is 110 Å². The van der Waals surface area contributed by atoms with Crippen molar-refractivity contribution in [3.05, 3.63) is 46.0 Å². The fourth-order valence-corrected chi connectivity index (χ4v) is 3.63. The van der Waals surface area contributed by atoms with E-state index in [1.807, 2.05) is 12.2 Å². The number of nitro benzene ring substituents is 1. The minimum absolute atomic E-state index is 0.0783. The van der Waals surface area contributed by atoms with Crippen LogP contribution in [0.2, 0.25) is 0 Å². The van der Waals surface area contributed by atoms with Gasteiger partial charge in [0.15, 0.2) is 0 Å². The lowest BCUT2D eigenvalue weighted by atomic mass is 9.82. The predicted molar refractivity (Wildman–Crippen MR) is 81.8 cm³/mol. The number of aryl methyl sites for hydroxylation is 1. The first-order valence-electron chi connectivity index (χ1n) is 7.35. The number of nitrogens with zero attached hydrogens (tertiary/aromatic N) is 1. The highest BCUT2D eigenvalue weighted by atomic mass is 16.6. The van der Waals surface area contributed by atoms with E-state index in [-0.39, 0.29) is 17.5 Å². The number of carbonyl (C=O) groups is 2. The minimum Gasteiger partial charge on any atom is -0.481 e. The molecular formula is C16H16N2O5. The predicted octanol–water partition coefficient (Wildman–Crippen LogP) is 2.36. The maximum Gasteiger partial charge on any atom is 0.307 e. The van der Waals surface area contributed by atoms with Gasteiger partial charge in [-0.05, 0) is 31.2 Å². The van der Waals surface area contributed by atoms with Crippen molar-refractivity contribution in [1.29, 1.82) is 0 Å². The second kappa shape index (κ2) is 5.49. The number of hydrogen-bond acceptors (Lipinski definition) is 4. The number of fused-ring (bicyclic) bond motifs is 2. The molecule has 1 aromatic carbocycles. The van der Waals surface area contributed by atoms with Crippen molar-refractivity contribution in [1.82, 2.24) is 0 Å². The molecule has 0 heterocycles. The molecule has 0 aliphatic heterocycles. The van der Waals surface area contributed by atoms with Gasteiger partial charge in [-0.3, -0.25) is 19.7 Å². The zero-order chi connectivity index (χ0) is 16.7. The average Bonchev–Trinajstić information content (AvgIpc) is 3.09. The molecule has 120 valence electrons. The van der Waals surface area contributed by atoms with E-state index in [4.69, 9.17) is 0 Å². The Bertz CT molecular complexity index is 727. The second-order valence-electron chi connectivity index (χ2n) is 6.09. The second-order valence-corrected chi connectivity index (χ2v) is 6.09. The third-order valence-corrected chi connectivity index (χ3v) is 4.72. The third-order valence-electron chi connectivity index (χ3n) is 4.72. The number of aliphatic carboxylic acids is 1. The summed E-state index contributed by atoms with van der Waals surface area (Å²) in [5, 5.41) is 23.0. The average molecular weight is 316 g/mol. The van der Waals surface area contributed by atoms with Crippen LogP contribution < -0.4 is 5.32 Å². The molecule has 2 aliphatic carbocycles. The normalized spacial score (nSPS) is 27.9. The Balaban J connectivity index is 1.82. The van der Waals surface area contributed by atoms with Crippen LogP contribution in [0.3, 0.4) is 0 Å². The number of hydrogen-bond donors (Lipinski definition) is 2. The Kier molecular flexibility index (Phi) is 3.63. The van der Waals surface area contributed by atoms with Crippen molar-refractivity contribution >= 4 is 23.3 Å². The van der Waals surface area contributed by atoms with Gasteiger partial charge >= 0.3 is 5.97 Å². The van der Waals surface area contributed by atoms with Crippen LogP contribution >= 0.6 is 0 Å². The summed E-state index contributed by atoms with van der Waals surface area (Å²) in [4.78, 5) is 34.4. The Morgan fingerprint density at radius 2 is 1.91 bits per heavy atom. The summed E-state index contributed by atoms with van der Waals surface area (Å²) in [6, 6.07) is 4.44. The number of carboxylic acids is 1. The van der Waals surface area contributed by atoms with Crippen molar-refractivity contribution in [2.45, 2.75) is 13.3 Å². The summed E-state index contributed by atoms with van der Waals surface area (Å²) in [6.07, 6.45) is 4.43. The summed E-state index contributed by atoms with van der Waals surface area (Å²) in [6.45, 7) is 1.62. The van der Waals surface area contributed by atoms with Crippen LogP contribution in [0.1, 0.15) is 12.0 Å². The summed E-state index contributed by atoms with van der Waals surface area (Å²) in [5.41, 5.74) is 0.730. The molecule has 2 aliphatic rings. The van der Waals surface area contributed by atoms with Crippen LogP contribution in [0.15, 0.2) is 30.4 Å². The Labute approximate surface area is 132 Å². The number of rotatable bonds is 4. The van der Waals surface area contributed by atoms with Crippen LogP contribution in [0.25, 0.3) is 0 Å². The van der Waals surface area contributed by atoms with Crippen LogP contribution in [-0.4, -0.2) is 21.9 Å². The maximum atomic E-state index is 12.5. The van der Waals surface area contributed by atoms with Gasteiger partial charge in [-0.1, -0.05) is 18.2 Å². The summed E-state index contributed by atoms with van der Waals surface area (Å²) in [7, 11) is 0. The number of amides is 1. The molecule has 0 aromatic heterocycles. The molecule has 7 nitrogen and oxygen atoms in total. The Morgan fingerprint density at radius 3 is 2.52 bits per heavy atom. The largest absolute Gasteiger partial charge is 0.481 e. The highest BCUT2D eigenvalue weighted by Crippen LogP contribution is 2.48. The molecule has 0 spiro atoms. The van der Waals surface area contributed by atoms with Crippen LogP contribution in [0.5, 0.6) is 0 Å². The molecular weight excluding hydrogens is 300 g/mol. The number of carboxylic acid groups (broad SMARTS) is 1. The lowest BCUT2D eigenvalue weighted by Gasteiger charge is -2.23. The van der Waals surface area contributed by atoms with Crippen molar-refractivity contribution in [3.8, 4) is 0 Å². The van der Waals surface area contributed by atoms with Gasteiger partial charge in [-0.25, -0.2) is 0 Å². The van der Waals surface area contributed by atoms with Gasteiger partial charge in [0.2, 0.25) is 5.91 Å². The molecule has 7 heteroatoms. The minimum atomic E-state index is -0.975. The zero-order valence-electron chi connectivity index (χ0n) is 12.4. The number of anilines is 1. The van der Waals surface area contributed by atoms with E-state index >= 15 is 0 Å². The number of nitro groups is 1. The van der Waals surface area contributed by atoms with Crippen molar-refractivity contribution in [2.75, 3.05) is 5.32 Å². The Morgan fingerprint density at radius 1 is 1.26 bits per heavy atom. The SMILES string of the molecule is Cc1ccc(NC(=O)C2C3C=CC(C3)C2C(=O)O)cc1[N+](=O)[O-]. The van der Waals surface area contributed by atoms with Gasteiger partial charge in [-0.15, -0.1) is 0 Å². The summed E-state index contributed by atoms with van der Waals surface area (Å²) >= 11 is 0. The number of carbonyl (C=O) groups excluding carboxylic acids is 1. The van der Waals surface area contributed by atoms with Crippen molar-refractivity contribution in [3.63, 3.8) is 0 Å². The first kappa shape index (κ1) is 15.2. The molecule has 2 N–H and O–H groups in total. The number of allylic oxidation sites excluding steroid dienone is 2. The molecule has 2 bridgehead atoms. The fourth-order valence-electron chi connectivity index (χ4n) is 3.63. The lowest BCUT2D eigenvalue weighted by molar-refractivity contribution is -0.385. The summed E-state index contributed by atoms with van der Waals surface area (Å²) < 4.78 is 0. The highest BCUT2D eigenvalue weighted by molar-refractivity contribution is 5.96. The Hall–Kier alpha value is -2.70. The van der Waals surface area contributed by atoms with E-state index in [0.717, 1.165) is 0 Å². The monoisotopic (exact) mass is 316 g/mol. The quantitative estimate of drug-likeness (QED) is 0.503. The van der Waals surface area contributed by atoms with Crippen LogP contribution in [0.4, 0.5) is 11.4 Å². The van der Waals surface area contributed by atoms with Crippen LogP contribution in [-0.2, 0) is 9.59 Å². The third kappa shape index (κ3) is 2.58. The molecule has 1 aromatic rings. The standard InChI is InChI=1S/C16H16N2O5/c1-8-2-5-11(7-12(8)18(22)23)17-15(19)13-9-3-4-10(6-9)14(13)16(20)21/h2-5,7,9-10,13-14H,6H2,1H3,(H,17,19)(H,20,21). The molecule has 4 unspecified atom stereocenters. The van der Waals surface area contributed by atoms with Gasteiger partial charge in [-0.2, -0.15) is 0 Å². The van der Waals surface area contributed by atoms with Crippen molar-refractivity contribution in [2.24, 2.45) is 23.7 Å². The summed E-state index contributed by atoms with van der Waals surface area (Å²) in [5.74, 6) is -2.93. The number of nitrogens with one attached hydrogen (secondary N) is 1. The molecule has 23 heavy (non-hydrogen) atoms. The van der Waals surface area contributed by atoms with Gasteiger partial charge in [0.05, 0.1) is 16.8 Å². The zero-order valence-corrected chi connectivity index (χ0v) is 12.4. The number of benzene rings is 1. The highest BCUT2D eigenvalue weighted by Gasteiger charge is 2.51. The van der Waals surface area contributed by atoms with E-state index < -0.39 is 28.6 Å². The molecule has 0 saturated heterocycles. The molecule has 4 atom stereocenters. The first-order chi connectivity index (χ1) is 10.9. The van der Waals surface area contributed by atoms with E-state index in [2.05, 4.69) is 5.32 Å². The van der Waals surface area contributed by atoms with Gasteiger partial charge in [0, 0.05) is 17.3 Å². The van der Waals surface area contributed by atoms with Gasteiger partial charge in [0.25, 0.3) is 5.69 Å². The van der Waals surface area contributed by atoms with E-state index in [0.29, 0.717) is 17.7 Å². The smallest absolute Gasteiger partial charge is 0.307 e. The van der Waals surface area contributed by atoms with E-state index in [1.165, 1.54) is 6.07 Å². The van der Waals surface area contributed by atoms with E-state index in [9.17, 15) is 24.8 Å². The molecule has 0 radical (unpaired) electrons. The fraction of sp³-hybridized carbons (Fsp3) is 0.375.